The molecule has 1 saturated heterocycles. The average Bonchev–Trinajstić information content (AvgIpc) is 2.78. The molecule has 0 aliphatic carbocycles. The van der Waals surface area contributed by atoms with E-state index in [2.05, 4.69) is 16.0 Å². The van der Waals surface area contributed by atoms with Crippen molar-refractivity contribution in [3.63, 3.8) is 0 Å². The van der Waals surface area contributed by atoms with Gasteiger partial charge in [-0.25, -0.2) is 0 Å². The van der Waals surface area contributed by atoms with Crippen LogP contribution in [0.5, 0.6) is 0 Å². The number of rotatable bonds is 7. The predicted octanol–water partition coefficient (Wildman–Crippen LogP) is -0.747. The Hall–Kier alpha value is -1.14. The molecular formula is C12H23N3O3. The number of carbonyl (C=O) groups excluding carboxylic acids is 2. The first kappa shape index (κ1) is 14.9. The molecule has 2 amide bonds. The highest BCUT2D eigenvalue weighted by Gasteiger charge is 2.33. The number of amides is 2. The minimum absolute atomic E-state index is 0.0382. The maximum atomic E-state index is 11.9. The number of ether oxygens (including phenoxy) is 1. The SMILES string of the molecule is CCNC(=O)CCNC(=O)C1COCC1NCC. The average molecular weight is 257 g/mol. The molecule has 2 atom stereocenters. The third-order valence-corrected chi connectivity index (χ3v) is 2.91. The first-order valence-electron chi connectivity index (χ1n) is 6.54. The molecule has 1 fully saturated rings. The minimum atomic E-state index is -0.154. The Labute approximate surface area is 108 Å². The van der Waals surface area contributed by atoms with Gasteiger partial charge >= 0.3 is 0 Å². The third kappa shape index (κ3) is 4.62. The molecule has 0 spiro atoms. The Morgan fingerprint density at radius 1 is 1.17 bits per heavy atom. The lowest BCUT2D eigenvalue weighted by Gasteiger charge is -2.17. The third-order valence-electron chi connectivity index (χ3n) is 2.91. The van der Waals surface area contributed by atoms with Crippen LogP contribution in [-0.2, 0) is 14.3 Å². The van der Waals surface area contributed by atoms with Crippen molar-refractivity contribution in [1.82, 2.24) is 16.0 Å². The fourth-order valence-electron chi connectivity index (χ4n) is 1.99. The van der Waals surface area contributed by atoms with E-state index in [1.54, 1.807) is 0 Å². The van der Waals surface area contributed by atoms with Crippen LogP contribution in [0.15, 0.2) is 0 Å². The zero-order valence-electron chi connectivity index (χ0n) is 11.1. The molecule has 1 heterocycles. The molecule has 2 unspecified atom stereocenters. The summed E-state index contributed by atoms with van der Waals surface area (Å²) in [5, 5.41) is 8.70. The fourth-order valence-corrected chi connectivity index (χ4v) is 1.99. The van der Waals surface area contributed by atoms with E-state index in [4.69, 9.17) is 4.74 Å². The monoisotopic (exact) mass is 257 g/mol. The highest BCUT2D eigenvalue weighted by atomic mass is 16.5. The van der Waals surface area contributed by atoms with Gasteiger partial charge in [-0.3, -0.25) is 9.59 Å². The Morgan fingerprint density at radius 3 is 2.61 bits per heavy atom. The molecule has 0 aromatic rings. The van der Waals surface area contributed by atoms with Gasteiger partial charge in [0.2, 0.25) is 11.8 Å². The van der Waals surface area contributed by atoms with Crippen molar-refractivity contribution in [2.24, 2.45) is 5.92 Å². The normalized spacial score (nSPS) is 22.8. The van der Waals surface area contributed by atoms with Crippen LogP contribution >= 0.6 is 0 Å². The summed E-state index contributed by atoms with van der Waals surface area (Å²) in [6.45, 7) is 6.70. The second-order valence-electron chi connectivity index (χ2n) is 4.30. The smallest absolute Gasteiger partial charge is 0.227 e. The number of carbonyl (C=O) groups is 2. The van der Waals surface area contributed by atoms with Gasteiger partial charge in [0, 0.05) is 25.6 Å². The van der Waals surface area contributed by atoms with E-state index in [1.807, 2.05) is 13.8 Å². The van der Waals surface area contributed by atoms with E-state index in [0.29, 0.717) is 32.7 Å². The van der Waals surface area contributed by atoms with Crippen LogP contribution in [0.4, 0.5) is 0 Å². The summed E-state index contributed by atoms with van der Waals surface area (Å²) < 4.78 is 5.31. The van der Waals surface area contributed by atoms with Crippen molar-refractivity contribution in [2.45, 2.75) is 26.3 Å². The number of hydrogen-bond donors (Lipinski definition) is 3. The van der Waals surface area contributed by atoms with Crippen molar-refractivity contribution in [3.8, 4) is 0 Å². The molecule has 0 bridgehead atoms. The maximum Gasteiger partial charge on any atom is 0.227 e. The second kappa shape index (κ2) is 8.05. The second-order valence-corrected chi connectivity index (χ2v) is 4.30. The van der Waals surface area contributed by atoms with Crippen LogP contribution < -0.4 is 16.0 Å². The van der Waals surface area contributed by atoms with Crippen LogP contribution in [0.1, 0.15) is 20.3 Å². The molecule has 0 aromatic heterocycles. The zero-order valence-corrected chi connectivity index (χ0v) is 11.1. The maximum absolute atomic E-state index is 11.9. The van der Waals surface area contributed by atoms with Crippen LogP contribution in [0, 0.1) is 5.92 Å². The Kier molecular flexibility index (Phi) is 6.67. The van der Waals surface area contributed by atoms with Crippen molar-refractivity contribution >= 4 is 11.8 Å². The molecule has 3 N–H and O–H groups in total. The van der Waals surface area contributed by atoms with Gasteiger partial charge in [-0.1, -0.05) is 6.92 Å². The molecular weight excluding hydrogens is 234 g/mol. The summed E-state index contributed by atoms with van der Waals surface area (Å²) in [7, 11) is 0. The van der Waals surface area contributed by atoms with Crippen LogP contribution in [0.2, 0.25) is 0 Å². The molecule has 0 aromatic carbocycles. The molecule has 1 aliphatic rings. The molecule has 18 heavy (non-hydrogen) atoms. The lowest BCUT2D eigenvalue weighted by molar-refractivity contribution is -0.125. The largest absolute Gasteiger partial charge is 0.379 e. The summed E-state index contributed by atoms with van der Waals surface area (Å²) in [5.74, 6) is -0.231. The summed E-state index contributed by atoms with van der Waals surface area (Å²) in [6, 6.07) is 0.0828. The fraction of sp³-hybridized carbons (Fsp3) is 0.833. The van der Waals surface area contributed by atoms with Gasteiger partial charge in [0.15, 0.2) is 0 Å². The Bertz CT molecular complexity index is 284. The van der Waals surface area contributed by atoms with Gasteiger partial charge in [-0.15, -0.1) is 0 Å². The molecule has 1 rings (SSSR count). The number of likely N-dealkylation sites (N-methyl/N-ethyl adjacent to an activating group) is 1. The standard InChI is InChI=1S/C12H23N3O3/c1-3-13-10-8-18-7-9(10)12(17)15-6-5-11(16)14-4-2/h9-10,13H,3-8H2,1-2H3,(H,14,16)(H,15,17). The van der Waals surface area contributed by atoms with Crippen molar-refractivity contribution in [2.75, 3.05) is 32.8 Å². The number of hydrogen-bond acceptors (Lipinski definition) is 4. The summed E-state index contributed by atoms with van der Waals surface area (Å²) in [5.41, 5.74) is 0. The first-order valence-corrected chi connectivity index (χ1v) is 6.54. The quantitative estimate of drug-likeness (QED) is 0.561. The van der Waals surface area contributed by atoms with E-state index in [1.165, 1.54) is 0 Å². The summed E-state index contributed by atoms with van der Waals surface area (Å²) in [4.78, 5) is 23.1. The topological polar surface area (TPSA) is 79.5 Å². The van der Waals surface area contributed by atoms with Crippen molar-refractivity contribution in [3.05, 3.63) is 0 Å². The highest BCUT2D eigenvalue weighted by Crippen LogP contribution is 2.13. The van der Waals surface area contributed by atoms with E-state index in [0.717, 1.165) is 6.54 Å². The van der Waals surface area contributed by atoms with Gasteiger partial charge in [0.1, 0.15) is 0 Å². The number of nitrogens with one attached hydrogen (secondary N) is 3. The molecule has 0 radical (unpaired) electrons. The minimum Gasteiger partial charge on any atom is -0.379 e. The van der Waals surface area contributed by atoms with Crippen LogP contribution in [0.25, 0.3) is 0 Å². The first-order chi connectivity index (χ1) is 8.69. The Balaban J connectivity index is 2.25. The zero-order chi connectivity index (χ0) is 13.4. The van der Waals surface area contributed by atoms with Crippen molar-refractivity contribution in [1.29, 1.82) is 0 Å². The lowest BCUT2D eigenvalue weighted by Crippen LogP contribution is -2.44. The molecule has 6 heteroatoms. The van der Waals surface area contributed by atoms with Gasteiger partial charge in [0.05, 0.1) is 19.1 Å². The van der Waals surface area contributed by atoms with Crippen LogP contribution in [-0.4, -0.2) is 50.7 Å². The molecule has 104 valence electrons. The molecule has 6 nitrogen and oxygen atoms in total. The van der Waals surface area contributed by atoms with Gasteiger partial charge in [-0.05, 0) is 13.5 Å². The molecule has 1 aliphatic heterocycles. The van der Waals surface area contributed by atoms with Gasteiger partial charge in [0.25, 0.3) is 0 Å². The molecule has 0 saturated carbocycles. The van der Waals surface area contributed by atoms with Gasteiger partial charge in [-0.2, -0.15) is 0 Å². The van der Waals surface area contributed by atoms with E-state index < -0.39 is 0 Å². The Morgan fingerprint density at radius 2 is 1.94 bits per heavy atom. The lowest BCUT2D eigenvalue weighted by atomic mass is 10.0. The van der Waals surface area contributed by atoms with E-state index in [-0.39, 0.29) is 23.8 Å². The van der Waals surface area contributed by atoms with E-state index >= 15 is 0 Å². The van der Waals surface area contributed by atoms with Crippen LogP contribution in [0.3, 0.4) is 0 Å². The predicted molar refractivity (Wildman–Crippen MR) is 68.1 cm³/mol. The van der Waals surface area contributed by atoms with Gasteiger partial charge < -0.3 is 20.7 Å². The highest BCUT2D eigenvalue weighted by molar-refractivity contribution is 5.81. The summed E-state index contributed by atoms with van der Waals surface area (Å²) in [6.07, 6.45) is 0.318. The van der Waals surface area contributed by atoms with Crippen molar-refractivity contribution < 1.29 is 14.3 Å². The van der Waals surface area contributed by atoms with E-state index in [9.17, 15) is 9.59 Å². The summed E-state index contributed by atoms with van der Waals surface area (Å²) >= 11 is 0.